The molecule has 0 aromatic carbocycles. The second-order valence-electron chi connectivity index (χ2n) is 3.99. The molecule has 0 atom stereocenters. The van der Waals surface area contributed by atoms with Gasteiger partial charge in [-0.3, -0.25) is 14.9 Å². The summed E-state index contributed by atoms with van der Waals surface area (Å²) in [6.45, 7) is 0.0644. The van der Waals surface area contributed by atoms with Crippen LogP contribution in [0.15, 0.2) is 35.3 Å². The highest BCUT2D eigenvalue weighted by Crippen LogP contribution is 2.17. The van der Waals surface area contributed by atoms with Crippen molar-refractivity contribution in [3.63, 3.8) is 0 Å². The Kier molecular flexibility index (Phi) is 3.99. The second-order valence-corrected chi connectivity index (χ2v) is 4.39. The van der Waals surface area contributed by atoms with Gasteiger partial charge in [0.1, 0.15) is 5.82 Å². The molecule has 2 rings (SSSR count). The van der Waals surface area contributed by atoms with Crippen molar-refractivity contribution in [3.05, 3.63) is 61.6 Å². The molecule has 0 unspecified atom stereocenters. The highest BCUT2D eigenvalue weighted by atomic mass is 35.5. The van der Waals surface area contributed by atoms with E-state index in [1.807, 2.05) is 0 Å². The van der Waals surface area contributed by atoms with Crippen molar-refractivity contribution in [2.45, 2.75) is 6.54 Å². The summed E-state index contributed by atoms with van der Waals surface area (Å²) in [5.74, 6) is 0.600. The molecule has 2 heterocycles. The van der Waals surface area contributed by atoms with Crippen molar-refractivity contribution in [2.24, 2.45) is 0 Å². The van der Waals surface area contributed by atoms with Crippen LogP contribution in [0.1, 0.15) is 5.69 Å². The van der Waals surface area contributed by atoms with Gasteiger partial charge in [-0.15, -0.1) is 0 Å². The van der Waals surface area contributed by atoms with Crippen LogP contribution in [0.25, 0.3) is 0 Å². The molecule has 0 aliphatic rings. The maximum Gasteiger partial charge on any atom is 0.285 e. The molecule has 0 bridgehead atoms. The van der Waals surface area contributed by atoms with Gasteiger partial charge >= 0.3 is 0 Å². The molecule has 2 aromatic heterocycles. The largest absolute Gasteiger partial charge is 0.373 e. The Bertz CT molecular complexity index is 714. The minimum Gasteiger partial charge on any atom is -0.373 e. The molecule has 104 valence electrons. The van der Waals surface area contributed by atoms with Gasteiger partial charge < -0.3 is 9.88 Å². The van der Waals surface area contributed by atoms with Crippen LogP contribution in [0.5, 0.6) is 0 Å². The van der Waals surface area contributed by atoms with Crippen LogP contribution in [0, 0.1) is 10.1 Å². The molecule has 0 saturated heterocycles. The van der Waals surface area contributed by atoms with Crippen molar-refractivity contribution in [1.82, 2.24) is 9.55 Å². The SMILES string of the molecule is CNc1ccc(Cl)c(Cn2cc([N+](=O)[O-])ccc2=O)n1. The van der Waals surface area contributed by atoms with E-state index in [1.54, 1.807) is 19.2 Å². The first-order chi connectivity index (χ1) is 9.51. The van der Waals surface area contributed by atoms with Crippen molar-refractivity contribution >= 4 is 23.1 Å². The van der Waals surface area contributed by atoms with Gasteiger partial charge in [0, 0.05) is 19.2 Å². The number of halogens is 1. The van der Waals surface area contributed by atoms with Crippen LogP contribution in [0.2, 0.25) is 5.02 Å². The van der Waals surface area contributed by atoms with Gasteiger partial charge in [0.25, 0.3) is 11.2 Å². The molecule has 8 heteroatoms. The first-order valence-electron chi connectivity index (χ1n) is 5.69. The van der Waals surface area contributed by atoms with E-state index >= 15 is 0 Å². The Morgan fingerprint density at radius 2 is 2.15 bits per heavy atom. The molecule has 0 saturated carbocycles. The summed E-state index contributed by atoms with van der Waals surface area (Å²) in [6, 6.07) is 5.66. The predicted octanol–water partition coefficient (Wildman–Crippen LogP) is 1.89. The standard InChI is InChI=1S/C12H11ClN4O3/c1-14-11-4-3-9(13)10(15-11)7-16-6-8(17(19)20)2-5-12(16)18/h2-6H,7H2,1H3,(H,14,15). The Hall–Kier alpha value is -2.41. The molecule has 7 nitrogen and oxygen atoms in total. The molecule has 0 amide bonds. The minimum atomic E-state index is -0.561. The highest BCUT2D eigenvalue weighted by molar-refractivity contribution is 6.31. The van der Waals surface area contributed by atoms with Gasteiger partial charge in [-0.2, -0.15) is 0 Å². The fraction of sp³-hybridized carbons (Fsp3) is 0.167. The molecule has 0 aliphatic heterocycles. The number of hydrogen-bond acceptors (Lipinski definition) is 5. The topological polar surface area (TPSA) is 90.1 Å². The van der Waals surface area contributed by atoms with Crippen LogP contribution in [0.3, 0.4) is 0 Å². The van der Waals surface area contributed by atoms with E-state index in [0.29, 0.717) is 16.5 Å². The number of aromatic nitrogens is 2. The van der Waals surface area contributed by atoms with E-state index in [4.69, 9.17) is 11.6 Å². The van der Waals surface area contributed by atoms with E-state index < -0.39 is 4.92 Å². The Balaban J connectivity index is 2.41. The van der Waals surface area contributed by atoms with E-state index in [2.05, 4.69) is 10.3 Å². The summed E-state index contributed by atoms with van der Waals surface area (Å²) < 4.78 is 1.20. The zero-order valence-electron chi connectivity index (χ0n) is 10.5. The lowest BCUT2D eigenvalue weighted by molar-refractivity contribution is -0.385. The fourth-order valence-corrected chi connectivity index (χ4v) is 1.81. The second kappa shape index (κ2) is 5.70. The molecule has 2 aromatic rings. The van der Waals surface area contributed by atoms with Crippen molar-refractivity contribution in [2.75, 3.05) is 12.4 Å². The third-order valence-electron chi connectivity index (χ3n) is 2.67. The molecule has 1 N–H and O–H groups in total. The van der Waals surface area contributed by atoms with Crippen LogP contribution in [0.4, 0.5) is 11.5 Å². The summed E-state index contributed by atoms with van der Waals surface area (Å²) in [6.07, 6.45) is 1.17. The molecular weight excluding hydrogens is 284 g/mol. The number of anilines is 1. The van der Waals surface area contributed by atoms with Gasteiger partial charge in [-0.1, -0.05) is 11.6 Å². The number of nitro groups is 1. The Morgan fingerprint density at radius 3 is 2.80 bits per heavy atom. The number of pyridine rings is 2. The van der Waals surface area contributed by atoms with E-state index in [0.717, 1.165) is 12.1 Å². The Labute approximate surface area is 119 Å². The lowest BCUT2D eigenvalue weighted by Gasteiger charge is -2.08. The summed E-state index contributed by atoms with van der Waals surface area (Å²) >= 11 is 6.02. The van der Waals surface area contributed by atoms with Crippen LogP contribution in [-0.2, 0) is 6.54 Å². The average molecular weight is 295 g/mol. The van der Waals surface area contributed by atoms with E-state index in [1.165, 1.54) is 10.8 Å². The van der Waals surface area contributed by atoms with Crippen molar-refractivity contribution in [3.8, 4) is 0 Å². The smallest absolute Gasteiger partial charge is 0.285 e. The van der Waals surface area contributed by atoms with Gasteiger partial charge in [-0.05, 0) is 12.1 Å². The number of hydrogen-bond donors (Lipinski definition) is 1. The van der Waals surface area contributed by atoms with Crippen molar-refractivity contribution in [1.29, 1.82) is 0 Å². The summed E-state index contributed by atoms with van der Waals surface area (Å²) in [4.78, 5) is 26.1. The van der Waals surface area contributed by atoms with E-state index in [9.17, 15) is 14.9 Å². The molecule has 0 fully saturated rings. The molecular formula is C12H11ClN4O3. The molecule has 0 aliphatic carbocycles. The lowest BCUT2D eigenvalue weighted by Crippen LogP contribution is -2.20. The summed E-state index contributed by atoms with van der Waals surface area (Å²) in [5.41, 5.74) is -0.0602. The fourth-order valence-electron chi connectivity index (χ4n) is 1.65. The van der Waals surface area contributed by atoms with Crippen LogP contribution < -0.4 is 10.9 Å². The van der Waals surface area contributed by atoms with Gasteiger partial charge in [0.05, 0.1) is 28.4 Å². The summed E-state index contributed by atoms with van der Waals surface area (Å²) in [5, 5.41) is 14.0. The quantitative estimate of drug-likeness (QED) is 0.687. The lowest BCUT2D eigenvalue weighted by atomic mass is 10.3. The van der Waals surface area contributed by atoms with Crippen LogP contribution >= 0.6 is 11.6 Å². The zero-order valence-corrected chi connectivity index (χ0v) is 11.3. The van der Waals surface area contributed by atoms with Crippen LogP contribution in [-0.4, -0.2) is 21.5 Å². The van der Waals surface area contributed by atoms with Gasteiger partial charge in [-0.25, -0.2) is 4.98 Å². The van der Waals surface area contributed by atoms with Gasteiger partial charge in [0.2, 0.25) is 0 Å². The molecule has 0 spiro atoms. The maximum absolute atomic E-state index is 11.7. The Morgan fingerprint density at radius 1 is 1.40 bits per heavy atom. The first-order valence-corrected chi connectivity index (χ1v) is 6.07. The first kappa shape index (κ1) is 14.0. The van der Waals surface area contributed by atoms with Crippen molar-refractivity contribution < 1.29 is 4.92 Å². The monoisotopic (exact) mass is 294 g/mol. The third kappa shape index (κ3) is 2.94. The van der Waals surface area contributed by atoms with Gasteiger partial charge in [0.15, 0.2) is 0 Å². The van der Waals surface area contributed by atoms with E-state index in [-0.39, 0.29) is 17.8 Å². The third-order valence-corrected chi connectivity index (χ3v) is 3.02. The zero-order chi connectivity index (χ0) is 14.7. The number of nitrogens with one attached hydrogen (secondary N) is 1. The predicted molar refractivity (Wildman–Crippen MR) is 75.3 cm³/mol. The molecule has 20 heavy (non-hydrogen) atoms. The maximum atomic E-state index is 11.7. The summed E-state index contributed by atoms with van der Waals surface area (Å²) in [7, 11) is 1.71. The number of nitrogens with zero attached hydrogens (tertiary/aromatic N) is 3. The number of rotatable bonds is 4. The highest BCUT2D eigenvalue weighted by Gasteiger charge is 2.10. The molecule has 0 radical (unpaired) electrons. The average Bonchev–Trinajstić information content (AvgIpc) is 2.43. The minimum absolute atomic E-state index is 0.0644. The normalized spacial score (nSPS) is 10.3.